The third kappa shape index (κ3) is 5.32. The maximum Gasteiger partial charge on any atom is 0.255 e. The average Bonchev–Trinajstić information content (AvgIpc) is 3.29. The summed E-state index contributed by atoms with van der Waals surface area (Å²) < 4.78 is 28.3. The summed E-state index contributed by atoms with van der Waals surface area (Å²) in [5.74, 6) is 2.24. The van der Waals surface area contributed by atoms with Crippen LogP contribution in [0.5, 0.6) is 23.0 Å². The second-order valence-electron chi connectivity index (χ2n) is 7.49. The number of anilines is 1. The largest absolute Gasteiger partial charge is 0.497 e. The number of fused-ring (bicyclic) bond motifs is 1. The number of hydrogen-bond donors (Lipinski definition) is 1. The van der Waals surface area contributed by atoms with Crippen LogP contribution in [0.15, 0.2) is 59.0 Å². The van der Waals surface area contributed by atoms with Crippen molar-refractivity contribution < 1.29 is 28.2 Å². The highest BCUT2D eigenvalue weighted by molar-refractivity contribution is 6.05. The van der Waals surface area contributed by atoms with E-state index < -0.39 is 0 Å². The summed E-state index contributed by atoms with van der Waals surface area (Å²) in [5, 5.41) is 2.93. The Labute approximate surface area is 203 Å². The molecule has 0 saturated heterocycles. The van der Waals surface area contributed by atoms with Gasteiger partial charge in [-0.25, -0.2) is 4.98 Å². The Morgan fingerprint density at radius 2 is 1.63 bits per heavy atom. The molecule has 0 aliphatic rings. The van der Waals surface area contributed by atoms with Crippen molar-refractivity contribution in [2.24, 2.45) is 0 Å². The van der Waals surface area contributed by atoms with E-state index in [1.165, 1.54) is 0 Å². The molecule has 0 aliphatic carbocycles. The minimum atomic E-state index is -0.311. The van der Waals surface area contributed by atoms with Gasteiger partial charge in [0.25, 0.3) is 5.91 Å². The number of nitrogens with zero attached hydrogens (tertiary/aromatic N) is 1. The number of amides is 1. The predicted molar refractivity (Wildman–Crippen MR) is 134 cm³/mol. The summed E-state index contributed by atoms with van der Waals surface area (Å²) in [6, 6.07) is 16.1. The van der Waals surface area contributed by atoms with Crippen LogP contribution in [0.4, 0.5) is 5.69 Å². The molecule has 35 heavy (non-hydrogen) atoms. The Balaban J connectivity index is 1.61. The number of methoxy groups -OCH3 is 1. The van der Waals surface area contributed by atoms with Crippen LogP contribution in [0, 0.1) is 0 Å². The second-order valence-corrected chi connectivity index (χ2v) is 7.49. The lowest BCUT2D eigenvalue weighted by Crippen LogP contribution is -2.13. The Kier molecular flexibility index (Phi) is 7.40. The Hall–Kier alpha value is -4.20. The van der Waals surface area contributed by atoms with Crippen LogP contribution in [0.1, 0.15) is 31.1 Å². The third-order valence-corrected chi connectivity index (χ3v) is 5.13. The Bertz CT molecular complexity index is 1300. The predicted octanol–water partition coefficient (Wildman–Crippen LogP) is 5.95. The number of benzene rings is 3. The number of aromatic nitrogens is 1. The van der Waals surface area contributed by atoms with Gasteiger partial charge in [-0.2, -0.15) is 0 Å². The number of oxazole rings is 1. The van der Waals surface area contributed by atoms with Gasteiger partial charge in [-0.3, -0.25) is 4.79 Å². The zero-order valence-corrected chi connectivity index (χ0v) is 20.2. The third-order valence-electron chi connectivity index (χ3n) is 5.13. The van der Waals surface area contributed by atoms with Gasteiger partial charge in [0.1, 0.15) is 11.3 Å². The van der Waals surface area contributed by atoms with Crippen molar-refractivity contribution in [2.45, 2.75) is 20.8 Å². The van der Waals surface area contributed by atoms with Crippen molar-refractivity contribution in [3.8, 4) is 34.5 Å². The molecule has 4 rings (SSSR count). The van der Waals surface area contributed by atoms with E-state index in [0.29, 0.717) is 71.1 Å². The molecule has 0 atom stereocenters. The molecule has 0 unspecified atom stereocenters. The van der Waals surface area contributed by atoms with Gasteiger partial charge in [0.15, 0.2) is 17.1 Å². The molecular weight excluding hydrogens is 448 g/mol. The van der Waals surface area contributed by atoms with Crippen molar-refractivity contribution in [3.05, 3.63) is 60.2 Å². The highest BCUT2D eigenvalue weighted by Gasteiger charge is 2.19. The number of rotatable bonds is 10. The normalized spacial score (nSPS) is 10.7. The number of ether oxygens (including phenoxy) is 4. The first-order valence-electron chi connectivity index (χ1n) is 11.5. The topological polar surface area (TPSA) is 92.1 Å². The zero-order valence-electron chi connectivity index (χ0n) is 20.2. The van der Waals surface area contributed by atoms with Crippen LogP contribution in [-0.2, 0) is 0 Å². The SMILES string of the molecule is CCOc1cc(C(=O)Nc2cccc(-c3nc4cc(OC)ccc4o3)c2)cc(OCC)c1OCC. The van der Waals surface area contributed by atoms with Crippen molar-refractivity contribution in [3.63, 3.8) is 0 Å². The van der Waals surface area contributed by atoms with E-state index in [1.54, 1.807) is 31.4 Å². The Morgan fingerprint density at radius 3 is 2.29 bits per heavy atom. The summed E-state index contributed by atoms with van der Waals surface area (Å²) in [7, 11) is 1.60. The molecule has 4 aromatic rings. The molecule has 1 N–H and O–H groups in total. The standard InChI is InChI=1S/C27H28N2O6/c1-5-32-23-14-18(15-24(33-6-2)25(23)34-7-3)26(30)28-19-10-8-9-17(13-19)27-29-21-16-20(31-4)11-12-22(21)35-27/h8-16H,5-7H2,1-4H3,(H,28,30). The lowest BCUT2D eigenvalue weighted by atomic mass is 10.1. The molecule has 8 heteroatoms. The molecule has 1 heterocycles. The van der Waals surface area contributed by atoms with Gasteiger partial charge in [0, 0.05) is 22.9 Å². The smallest absolute Gasteiger partial charge is 0.255 e. The van der Waals surface area contributed by atoms with Crippen LogP contribution in [0.3, 0.4) is 0 Å². The Morgan fingerprint density at radius 1 is 0.914 bits per heavy atom. The molecular formula is C27H28N2O6. The molecule has 1 amide bonds. The first-order chi connectivity index (χ1) is 17.1. The number of nitrogens with one attached hydrogen (secondary N) is 1. The van der Waals surface area contributed by atoms with E-state index in [0.717, 1.165) is 5.56 Å². The van der Waals surface area contributed by atoms with Crippen LogP contribution >= 0.6 is 0 Å². The fraction of sp³-hybridized carbons (Fsp3) is 0.259. The molecule has 0 radical (unpaired) electrons. The number of hydrogen-bond acceptors (Lipinski definition) is 7. The molecule has 182 valence electrons. The summed E-state index contributed by atoms with van der Waals surface area (Å²) in [6.45, 7) is 6.92. The zero-order chi connectivity index (χ0) is 24.8. The molecule has 8 nitrogen and oxygen atoms in total. The first kappa shape index (κ1) is 23.9. The van der Waals surface area contributed by atoms with Crippen LogP contribution in [0.25, 0.3) is 22.6 Å². The van der Waals surface area contributed by atoms with Gasteiger partial charge < -0.3 is 28.7 Å². The summed E-state index contributed by atoms with van der Waals surface area (Å²) >= 11 is 0. The monoisotopic (exact) mass is 476 g/mol. The van der Waals surface area contributed by atoms with E-state index in [-0.39, 0.29) is 5.91 Å². The molecule has 1 aromatic heterocycles. The number of carbonyl (C=O) groups excluding carboxylic acids is 1. The summed E-state index contributed by atoms with van der Waals surface area (Å²) in [5.41, 5.74) is 3.05. The van der Waals surface area contributed by atoms with Crippen molar-refractivity contribution in [1.82, 2.24) is 4.98 Å². The van der Waals surface area contributed by atoms with E-state index in [9.17, 15) is 4.79 Å². The lowest BCUT2D eigenvalue weighted by molar-refractivity contribution is 0.102. The van der Waals surface area contributed by atoms with Gasteiger partial charge in [-0.15, -0.1) is 0 Å². The van der Waals surface area contributed by atoms with Crippen LogP contribution in [0.2, 0.25) is 0 Å². The molecule has 0 fully saturated rings. The first-order valence-corrected chi connectivity index (χ1v) is 11.5. The summed E-state index contributed by atoms with van der Waals surface area (Å²) in [6.07, 6.45) is 0. The fourth-order valence-electron chi connectivity index (χ4n) is 3.61. The van der Waals surface area contributed by atoms with Crippen molar-refractivity contribution >= 4 is 22.7 Å². The lowest BCUT2D eigenvalue weighted by Gasteiger charge is -2.17. The molecule has 0 aliphatic heterocycles. The molecule has 0 bridgehead atoms. The van der Waals surface area contributed by atoms with E-state index in [4.69, 9.17) is 23.4 Å². The van der Waals surface area contributed by atoms with E-state index >= 15 is 0 Å². The maximum absolute atomic E-state index is 13.1. The second kappa shape index (κ2) is 10.8. The maximum atomic E-state index is 13.1. The summed E-state index contributed by atoms with van der Waals surface area (Å²) in [4.78, 5) is 17.7. The van der Waals surface area contributed by atoms with Crippen LogP contribution < -0.4 is 24.3 Å². The van der Waals surface area contributed by atoms with Gasteiger partial charge >= 0.3 is 0 Å². The van der Waals surface area contributed by atoms with Gasteiger partial charge in [0.05, 0.1) is 26.9 Å². The fourth-order valence-corrected chi connectivity index (χ4v) is 3.61. The average molecular weight is 477 g/mol. The molecule has 0 saturated carbocycles. The highest BCUT2D eigenvalue weighted by atomic mass is 16.5. The van der Waals surface area contributed by atoms with Crippen molar-refractivity contribution in [1.29, 1.82) is 0 Å². The van der Waals surface area contributed by atoms with E-state index in [2.05, 4.69) is 10.3 Å². The number of carbonyl (C=O) groups is 1. The van der Waals surface area contributed by atoms with Crippen molar-refractivity contribution in [2.75, 3.05) is 32.2 Å². The van der Waals surface area contributed by atoms with Gasteiger partial charge in [-0.1, -0.05) is 6.07 Å². The van der Waals surface area contributed by atoms with Gasteiger partial charge in [0.2, 0.25) is 11.6 Å². The molecule has 3 aromatic carbocycles. The minimum Gasteiger partial charge on any atom is -0.497 e. The highest BCUT2D eigenvalue weighted by Crippen LogP contribution is 2.39. The van der Waals surface area contributed by atoms with Gasteiger partial charge in [-0.05, 0) is 63.2 Å². The quantitative estimate of drug-likeness (QED) is 0.302. The minimum absolute atomic E-state index is 0.311. The van der Waals surface area contributed by atoms with Crippen LogP contribution in [-0.4, -0.2) is 37.8 Å². The van der Waals surface area contributed by atoms with E-state index in [1.807, 2.05) is 51.1 Å². The molecule has 0 spiro atoms.